The van der Waals surface area contributed by atoms with Gasteiger partial charge in [-0.3, -0.25) is 4.79 Å². The maximum atomic E-state index is 12.4. The Morgan fingerprint density at radius 2 is 2.04 bits per heavy atom. The average molecular weight is 330 g/mol. The van der Waals surface area contributed by atoms with Crippen molar-refractivity contribution in [1.82, 2.24) is 9.88 Å². The van der Waals surface area contributed by atoms with Gasteiger partial charge in [0, 0.05) is 12.6 Å². The van der Waals surface area contributed by atoms with Crippen LogP contribution in [-0.4, -0.2) is 34.4 Å². The quantitative estimate of drug-likeness (QED) is 0.871. The van der Waals surface area contributed by atoms with Crippen molar-refractivity contribution in [3.63, 3.8) is 0 Å². The number of anilines is 1. The second kappa shape index (κ2) is 6.43. The minimum atomic E-state index is -4.53. The topological polar surface area (TPSA) is 88.3 Å². The highest BCUT2D eigenvalue weighted by Crippen LogP contribution is 2.28. The predicted octanol–water partition coefficient (Wildman–Crippen LogP) is 2.22. The summed E-state index contributed by atoms with van der Waals surface area (Å²) in [5, 5.41) is 2.49. The number of halogens is 3. The minimum Gasteiger partial charge on any atom is -0.369 e. The Morgan fingerprint density at radius 1 is 1.35 bits per heavy atom. The number of carbonyl (C=O) groups is 2. The van der Waals surface area contributed by atoms with Crippen molar-refractivity contribution in [2.45, 2.75) is 32.0 Å². The second-order valence-corrected chi connectivity index (χ2v) is 5.54. The molecule has 1 aliphatic rings. The Hall–Kier alpha value is -2.32. The van der Waals surface area contributed by atoms with E-state index in [0.29, 0.717) is 12.8 Å². The molecule has 2 rings (SSSR count). The molecule has 1 aliphatic heterocycles. The van der Waals surface area contributed by atoms with Crippen molar-refractivity contribution >= 4 is 17.6 Å². The Labute approximate surface area is 130 Å². The number of primary amides is 1. The molecule has 0 aromatic carbocycles. The number of alkyl halides is 3. The molecule has 3 amide bonds. The molecule has 2 heterocycles. The van der Waals surface area contributed by atoms with Gasteiger partial charge in [-0.05, 0) is 31.9 Å². The first kappa shape index (κ1) is 17.0. The number of hydrogen-bond donors (Lipinski definition) is 2. The molecule has 1 fully saturated rings. The maximum absolute atomic E-state index is 12.4. The fourth-order valence-corrected chi connectivity index (χ4v) is 2.45. The first-order valence-electron chi connectivity index (χ1n) is 7.08. The van der Waals surface area contributed by atoms with E-state index in [4.69, 9.17) is 5.73 Å². The molecule has 6 nitrogen and oxygen atoms in total. The minimum absolute atomic E-state index is 0.0898. The molecular formula is C14H17F3N4O2. The first-order valence-corrected chi connectivity index (χ1v) is 7.08. The fraction of sp³-hybridized carbons (Fsp3) is 0.500. The largest absolute Gasteiger partial charge is 0.433 e. The molecule has 0 unspecified atom stereocenters. The lowest BCUT2D eigenvalue weighted by atomic mass is 9.93. The van der Waals surface area contributed by atoms with Crippen LogP contribution in [0, 0.1) is 5.92 Å². The van der Waals surface area contributed by atoms with Gasteiger partial charge in [-0.25, -0.2) is 9.78 Å². The van der Waals surface area contributed by atoms with Crippen LogP contribution in [0.4, 0.5) is 23.7 Å². The molecule has 0 bridgehead atoms. The van der Waals surface area contributed by atoms with Crippen molar-refractivity contribution in [1.29, 1.82) is 0 Å². The Bertz CT molecular complexity index is 589. The number of urea groups is 1. The standard InChI is InChI=1S/C14H17F3N4O2/c1-8-2-3-9(12(18)22)7-21(8)13(23)20-10-4-5-11(19-6-10)14(15,16)17/h4-6,8-9H,2-3,7H2,1H3,(H2,18,22)(H,20,23)/t8-,9+/m0/s1. The molecule has 0 radical (unpaired) electrons. The number of likely N-dealkylation sites (tertiary alicyclic amines) is 1. The van der Waals surface area contributed by atoms with Gasteiger partial charge in [0.25, 0.3) is 0 Å². The summed E-state index contributed by atoms with van der Waals surface area (Å²) in [6, 6.07) is 1.34. The molecule has 9 heteroatoms. The highest BCUT2D eigenvalue weighted by molar-refractivity contribution is 5.90. The average Bonchev–Trinajstić information content (AvgIpc) is 2.47. The zero-order valence-corrected chi connectivity index (χ0v) is 12.4. The molecule has 126 valence electrons. The lowest BCUT2D eigenvalue weighted by molar-refractivity contribution is -0.141. The smallest absolute Gasteiger partial charge is 0.369 e. The van der Waals surface area contributed by atoms with Crippen molar-refractivity contribution in [2.24, 2.45) is 11.7 Å². The van der Waals surface area contributed by atoms with Crippen molar-refractivity contribution in [2.75, 3.05) is 11.9 Å². The molecule has 2 atom stereocenters. The van der Waals surface area contributed by atoms with E-state index in [1.807, 2.05) is 6.92 Å². The third-order valence-corrected chi connectivity index (χ3v) is 3.85. The van der Waals surface area contributed by atoms with E-state index in [1.165, 1.54) is 4.90 Å². The van der Waals surface area contributed by atoms with Crippen molar-refractivity contribution < 1.29 is 22.8 Å². The third kappa shape index (κ3) is 4.11. The van der Waals surface area contributed by atoms with Crippen LogP contribution in [0.1, 0.15) is 25.5 Å². The summed E-state index contributed by atoms with van der Waals surface area (Å²) < 4.78 is 37.3. The van der Waals surface area contributed by atoms with E-state index in [2.05, 4.69) is 10.3 Å². The fourth-order valence-electron chi connectivity index (χ4n) is 2.45. The van der Waals surface area contributed by atoms with E-state index < -0.39 is 29.7 Å². The summed E-state index contributed by atoms with van der Waals surface area (Å²) >= 11 is 0. The number of nitrogens with one attached hydrogen (secondary N) is 1. The van der Waals surface area contributed by atoms with Crippen LogP contribution in [0.2, 0.25) is 0 Å². The van der Waals surface area contributed by atoms with Crippen molar-refractivity contribution in [3.8, 4) is 0 Å². The first-order chi connectivity index (χ1) is 10.7. The normalized spacial score (nSPS) is 21.8. The third-order valence-electron chi connectivity index (χ3n) is 3.85. The molecule has 23 heavy (non-hydrogen) atoms. The Morgan fingerprint density at radius 3 is 2.57 bits per heavy atom. The van der Waals surface area contributed by atoms with E-state index in [9.17, 15) is 22.8 Å². The zero-order chi connectivity index (χ0) is 17.2. The summed E-state index contributed by atoms with van der Waals surface area (Å²) in [6.45, 7) is 2.03. The SMILES string of the molecule is C[C@H]1CC[C@@H](C(N)=O)CN1C(=O)Nc1ccc(C(F)(F)F)nc1. The summed E-state index contributed by atoms with van der Waals surface area (Å²) in [5.74, 6) is -0.881. The number of amides is 3. The van der Waals surface area contributed by atoms with Gasteiger partial charge >= 0.3 is 12.2 Å². The van der Waals surface area contributed by atoms with Crippen LogP contribution in [-0.2, 0) is 11.0 Å². The maximum Gasteiger partial charge on any atom is 0.433 e. The van der Waals surface area contributed by atoms with Gasteiger partial charge in [0.2, 0.25) is 5.91 Å². The monoisotopic (exact) mass is 330 g/mol. The van der Waals surface area contributed by atoms with Gasteiger partial charge in [0.05, 0.1) is 17.8 Å². The molecule has 3 N–H and O–H groups in total. The van der Waals surface area contributed by atoms with Crippen LogP contribution >= 0.6 is 0 Å². The summed E-state index contributed by atoms with van der Waals surface area (Å²) in [5.41, 5.74) is 4.39. The molecule has 0 spiro atoms. The van der Waals surface area contributed by atoms with E-state index in [-0.39, 0.29) is 18.3 Å². The molecule has 0 saturated carbocycles. The van der Waals surface area contributed by atoms with Crippen LogP contribution in [0.3, 0.4) is 0 Å². The summed E-state index contributed by atoms with van der Waals surface area (Å²) in [7, 11) is 0. The predicted molar refractivity (Wildman–Crippen MR) is 76.3 cm³/mol. The summed E-state index contributed by atoms with van der Waals surface area (Å²) in [4.78, 5) is 28.2. The highest BCUT2D eigenvalue weighted by Gasteiger charge is 2.33. The van der Waals surface area contributed by atoms with Crippen LogP contribution in [0.5, 0.6) is 0 Å². The van der Waals surface area contributed by atoms with Crippen LogP contribution in [0.25, 0.3) is 0 Å². The number of hydrogen-bond acceptors (Lipinski definition) is 3. The number of rotatable bonds is 2. The summed E-state index contributed by atoms with van der Waals surface area (Å²) in [6.07, 6.45) is -2.34. The molecule has 1 aromatic heterocycles. The molecule has 0 aliphatic carbocycles. The number of nitrogens with zero attached hydrogens (tertiary/aromatic N) is 2. The molecule has 1 aromatic rings. The van der Waals surface area contributed by atoms with Crippen molar-refractivity contribution in [3.05, 3.63) is 24.0 Å². The van der Waals surface area contributed by atoms with E-state index in [0.717, 1.165) is 18.3 Å². The molecule has 1 saturated heterocycles. The number of pyridine rings is 1. The van der Waals surface area contributed by atoms with Gasteiger partial charge in [-0.2, -0.15) is 13.2 Å². The number of carbonyl (C=O) groups excluding carboxylic acids is 2. The molecular weight excluding hydrogens is 313 g/mol. The number of piperidine rings is 1. The highest BCUT2D eigenvalue weighted by atomic mass is 19.4. The lowest BCUT2D eigenvalue weighted by Gasteiger charge is -2.36. The Balaban J connectivity index is 2.04. The van der Waals surface area contributed by atoms with Crippen LogP contribution in [0.15, 0.2) is 18.3 Å². The van der Waals surface area contributed by atoms with E-state index >= 15 is 0 Å². The van der Waals surface area contributed by atoms with Gasteiger partial charge in [0.1, 0.15) is 5.69 Å². The van der Waals surface area contributed by atoms with Crippen LogP contribution < -0.4 is 11.1 Å². The Kier molecular flexibility index (Phi) is 4.76. The van der Waals surface area contributed by atoms with Gasteiger partial charge < -0.3 is 16.0 Å². The second-order valence-electron chi connectivity index (χ2n) is 5.54. The van der Waals surface area contributed by atoms with Gasteiger partial charge in [-0.1, -0.05) is 0 Å². The number of nitrogens with two attached hydrogens (primary N) is 1. The van der Waals surface area contributed by atoms with Gasteiger partial charge in [0.15, 0.2) is 0 Å². The van der Waals surface area contributed by atoms with Gasteiger partial charge in [-0.15, -0.1) is 0 Å². The lowest BCUT2D eigenvalue weighted by Crippen LogP contribution is -2.50. The number of aromatic nitrogens is 1. The van der Waals surface area contributed by atoms with E-state index in [1.54, 1.807) is 0 Å². The zero-order valence-electron chi connectivity index (χ0n) is 12.4.